The molecular formula is C15H11BrN2S. The number of aliphatic imine (C=N–C) groups is 1. The van der Waals surface area contributed by atoms with Gasteiger partial charge in [0.1, 0.15) is 10.9 Å². The van der Waals surface area contributed by atoms with Crippen LogP contribution in [0.5, 0.6) is 0 Å². The van der Waals surface area contributed by atoms with Crippen molar-refractivity contribution in [2.24, 2.45) is 10.9 Å². The fraction of sp³-hybridized carbons (Fsp3) is 0.133. The normalized spacial score (nSPS) is 19.0. The van der Waals surface area contributed by atoms with Gasteiger partial charge >= 0.3 is 0 Å². The Bertz CT molecular complexity index is 633. The van der Waals surface area contributed by atoms with Gasteiger partial charge in [-0.05, 0) is 36.3 Å². The average molecular weight is 331 g/mol. The summed E-state index contributed by atoms with van der Waals surface area (Å²) in [7, 11) is 0. The summed E-state index contributed by atoms with van der Waals surface area (Å²) >= 11 is 8.54. The minimum atomic E-state index is -0.426. The highest BCUT2D eigenvalue weighted by molar-refractivity contribution is 9.10. The van der Waals surface area contributed by atoms with Gasteiger partial charge in [0.2, 0.25) is 0 Å². The van der Waals surface area contributed by atoms with E-state index in [0.717, 1.165) is 21.3 Å². The van der Waals surface area contributed by atoms with Gasteiger partial charge < -0.3 is 0 Å². The molecule has 0 N–H and O–H groups in total. The number of dihydropyridines is 1. The summed E-state index contributed by atoms with van der Waals surface area (Å²) in [5.74, 6) is -0.426. The molecule has 0 saturated carbocycles. The number of allylic oxidation sites excluding steroid dienone is 2. The topological polar surface area (TPSA) is 36.1 Å². The number of nitrogens with zero attached hydrogens (tertiary/aromatic N) is 2. The summed E-state index contributed by atoms with van der Waals surface area (Å²) < 4.78 is 1.04. The van der Waals surface area contributed by atoms with Crippen LogP contribution in [0.25, 0.3) is 6.08 Å². The highest BCUT2D eigenvalue weighted by Gasteiger charge is 2.20. The van der Waals surface area contributed by atoms with Crippen LogP contribution in [0.2, 0.25) is 0 Å². The number of hydrogen-bond donors (Lipinski definition) is 0. The SMILES string of the molecule is CC1=NC(=S)C(C#N)C(/C=C/c2ccc(Br)cc2)=C1. The van der Waals surface area contributed by atoms with E-state index in [9.17, 15) is 0 Å². The molecule has 0 bridgehead atoms. The van der Waals surface area contributed by atoms with Crippen LogP contribution in [-0.4, -0.2) is 10.7 Å². The highest BCUT2D eigenvalue weighted by atomic mass is 79.9. The monoisotopic (exact) mass is 330 g/mol. The Morgan fingerprint density at radius 3 is 2.63 bits per heavy atom. The second-order valence-electron chi connectivity index (χ2n) is 4.18. The summed E-state index contributed by atoms with van der Waals surface area (Å²) in [5.41, 5.74) is 2.81. The molecule has 0 aliphatic carbocycles. The van der Waals surface area contributed by atoms with Gasteiger partial charge in [-0.25, -0.2) is 4.99 Å². The third kappa shape index (κ3) is 3.46. The van der Waals surface area contributed by atoms with Crippen molar-refractivity contribution in [2.45, 2.75) is 6.92 Å². The molecule has 1 atom stereocenters. The fourth-order valence-electron chi connectivity index (χ4n) is 1.78. The molecule has 1 aromatic carbocycles. The van der Waals surface area contributed by atoms with Gasteiger partial charge in [-0.15, -0.1) is 0 Å². The maximum Gasteiger partial charge on any atom is 0.125 e. The van der Waals surface area contributed by atoms with Crippen molar-refractivity contribution in [3.8, 4) is 6.07 Å². The number of hydrogen-bond acceptors (Lipinski definition) is 2. The molecule has 94 valence electrons. The number of benzene rings is 1. The first-order valence-electron chi connectivity index (χ1n) is 5.74. The number of rotatable bonds is 2. The second kappa shape index (κ2) is 6.05. The molecule has 0 fully saturated rings. The largest absolute Gasteiger partial charge is 0.245 e. The lowest BCUT2D eigenvalue weighted by Crippen LogP contribution is -2.16. The molecule has 1 unspecified atom stereocenters. The minimum Gasteiger partial charge on any atom is -0.245 e. The molecule has 0 radical (unpaired) electrons. The Hall–Kier alpha value is -1.57. The lowest BCUT2D eigenvalue weighted by atomic mass is 9.95. The van der Waals surface area contributed by atoms with E-state index in [1.807, 2.05) is 49.4 Å². The molecule has 0 amide bonds. The molecule has 1 heterocycles. The number of nitriles is 1. The van der Waals surface area contributed by atoms with E-state index in [0.29, 0.717) is 4.99 Å². The summed E-state index contributed by atoms with van der Waals surface area (Å²) in [6, 6.07) is 10.2. The molecular weight excluding hydrogens is 320 g/mol. The summed E-state index contributed by atoms with van der Waals surface area (Å²) in [6.45, 7) is 1.88. The van der Waals surface area contributed by atoms with Crippen LogP contribution in [0.15, 0.2) is 51.5 Å². The van der Waals surface area contributed by atoms with Crippen LogP contribution in [0, 0.1) is 17.2 Å². The zero-order valence-electron chi connectivity index (χ0n) is 10.3. The van der Waals surface area contributed by atoms with Crippen LogP contribution in [0.3, 0.4) is 0 Å². The Morgan fingerprint density at radius 1 is 1.32 bits per heavy atom. The predicted molar refractivity (Wildman–Crippen MR) is 86.1 cm³/mol. The molecule has 4 heteroatoms. The highest BCUT2D eigenvalue weighted by Crippen LogP contribution is 2.21. The van der Waals surface area contributed by atoms with Crippen LogP contribution in [0.4, 0.5) is 0 Å². The molecule has 1 aliphatic heterocycles. The third-order valence-corrected chi connectivity index (χ3v) is 3.57. The number of halogens is 1. The van der Waals surface area contributed by atoms with Crippen molar-refractivity contribution in [1.29, 1.82) is 5.26 Å². The van der Waals surface area contributed by atoms with Crippen molar-refractivity contribution >= 4 is 44.9 Å². The van der Waals surface area contributed by atoms with Crippen molar-refractivity contribution in [3.63, 3.8) is 0 Å². The molecule has 2 nitrogen and oxygen atoms in total. The standard InChI is InChI=1S/C15H11BrN2S/c1-10-8-12(14(9-17)15(19)18-10)5-2-11-3-6-13(16)7-4-11/h2-8,14H,1H3/b5-2+. The van der Waals surface area contributed by atoms with Crippen molar-refractivity contribution in [3.05, 3.63) is 52.0 Å². The minimum absolute atomic E-state index is 0.426. The zero-order valence-corrected chi connectivity index (χ0v) is 12.7. The second-order valence-corrected chi connectivity index (χ2v) is 5.52. The van der Waals surface area contributed by atoms with Crippen molar-refractivity contribution in [1.82, 2.24) is 0 Å². The van der Waals surface area contributed by atoms with E-state index in [1.165, 1.54) is 0 Å². The van der Waals surface area contributed by atoms with Crippen molar-refractivity contribution in [2.75, 3.05) is 0 Å². The molecule has 0 aromatic heterocycles. The summed E-state index contributed by atoms with van der Waals surface area (Å²) in [5, 5.41) is 9.16. The van der Waals surface area contributed by atoms with Gasteiger partial charge in [0.25, 0.3) is 0 Å². The zero-order chi connectivity index (χ0) is 13.8. The third-order valence-electron chi connectivity index (χ3n) is 2.71. The van der Waals surface area contributed by atoms with Crippen LogP contribution in [0.1, 0.15) is 12.5 Å². The van der Waals surface area contributed by atoms with Gasteiger partial charge in [0.15, 0.2) is 0 Å². The molecule has 1 aliphatic rings. The van der Waals surface area contributed by atoms with E-state index in [-0.39, 0.29) is 0 Å². The number of thiocarbonyl (C=S) groups is 1. The Balaban J connectivity index is 2.26. The van der Waals surface area contributed by atoms with E-state index >= 15 is 0 Å². The summed E-state index contributed by atoms with van der Waals surface area (Å²) in [6.07, 6.45) is 5.81. The van der Waals surface area contributed by atoms with Gasteiger partial charge in [-0.3, -0.25) is 0 Å². The van der Waals surface area contributed by atoms with E-state index < -0.39 is 5.92 Å². The first-order chi connectivity index (χ1) is 9.10. The lowest BCUT2D eigenvalue weighted by Gasteiger charge is -2.14. The molecule has 0 spiro atoms. The molecule has 19 heavy (non-hydrogen) atoms. The maximum absolute atomic E-state index is 9.16. The van der Waals surface area contributed by atoms with Gasteiger partial charge in [-0.2, -0.15) is 5.26 Å². The predicted octanol–water partition coefficient (Wildman–Crippen LogP) is 4.33. The first kappa shape index (κ1) is 13.9. The quantitative estimate of drug-likeness (QED) is 0.756. The van der Waals surface area contributed by atoms with E-state index in [4.69, 9.17) is 17.5 Å². The Morgan fingerprint density at radius 2 is 2.00 bits per heavy atom. The van der Waals surface area contributed by atoms with Gasteiger partial charge in [0.05, 0.1) is 6.07 Å². The summed E-state index contributed by atoms with van der Waals surface area (Å²) in [4.78, 5) is 4.60. The van der Waals surface area contributed by atoms with Gasteiger partial charge in [-0.1, -0.05) is 52.4 Å². The van der Waals surface area contributed by atoms with E-state index in [1.54, 1.807) is 0 Å². The molecule has 2 rings (SSSR count). The smallest absolute Gasteiger partial charge is 0.125 e. The van der Waals surface area contributed by atoms with Crippen LogP contribution in [-0.2, 0) is 0 Å². The lowest BCUT2D eigenvalue weighted by molar-refractivity contribution is 1.07. The molecule has 1 aromatic rings. The fourth-order valence-corrected chi connectivity index (χ4v) is 2.38. The van der Waals surface area contributed by atoms with Gasteiger partial charge in [0, 0.05) is 10.2 Å². The maximum atomic E-state index is 9.16. The average Bonchev–Trinajstić information content (AvgIpc) is 2.37. The van der Waals surface area contributed by atoms with Crippen LogP contribution < -0.4 is 0 Å². The van der Waals surface area contributed by atoms with Crippen molar-refractivity contribution < 1.29 is 0 Å². The Labute approximate surface area is 126 Å². The van der Waals surface area contributed by atoms with E-state index in [2.05, 4.69) is 27.0 Å². The first-order valence-corrected chi connectivity index (χ1v) is 6.94. The molecule has 0 saturated heterocycles. The Kier molecular flexibility index (Phi) is 4.41. The van der Waals surface area contributed by atoms with Crippen LogP contribution >= 0.6 is 28.1 Å².